The molecule has 1 aromatic rings. The normalized spacial score (nSPS) is 11.8. The summed E-state index contributed by atoms with van der Waals surface area (Å²) >= 11 is 0. The number of hydrogen-bond acceptors (Lipinski definition) is 4. The fourth-order valence-corrected chi connectivity index (χ4v) is 2.00. The molecule has 0 aliphatic carbocycles. The van der Waals surface area contributed by atoms with Crippen molar-refractivity contribution in [1.29, 1.82) is 0 Å². The van der Waals surface area contributed by atoms with Gasteiger partial charge in [0, 0.05) is 12.2 Å². The minimum absolute atomic E-state index is 0.0603. The van der Waals surface area contributed by atoms with Crippen LogP contribution in [0, 0.1) is 5.92 Å². The van der Waals surface area contributed by atoms with E-state index in [0.717, 1.165) is 18.5 Å². The van der Waals surface area contributed by atoms with Gasteiger partial charge in [-0.2, -0.15) is 0 Å². The number of esters is 1. The van der Waals surface area contributed by atoms with Crippen LogP contribution in [-0.4, -0.2) is 36.7 Å². The van der Waals surface area contributed by atoms with Crippen molar-refractivity contribution in [3.05, 3.63) is 29.8 Å². The van der Waals surface area contributed by atoms with Crippen molar-refractivity contribution in [3.8, 4) is 0 Å². The Morgan fingerprint density at radius 1 is 1.23 bits per heavy atom. The van der Waals surface area contributed by atoms with Gasteiger partial charge in [0.25, 0.3) is 0 Å². The summed E-state index contributed by atoms with van der Waals surface area (Å²) in [6, 6.07) is 6.84. The second-order valence-electron chi connectivity index (χ2n) is 5.39. The van der Waals surface area contributed by atoms with Crippen LogP contribution in [0.15, 0.2) is 24.3 Å². The molecule has 5 heteroatoms. The molecule has 0 aromatic heterocycles. The quantitative estimate of drug-likeness (QED) is 0.710. The average molecular weight is 307 g/mol. The van der Waals surface area contributed by atoms with Gasteiger partial charge in [-0.1, -0.05) is 20.3 Å². The predicted molar refractivity (Wildman–Crippen MR) is 86.3 cm³/mol. The van der Waals surface area contributed by atoms with Crippen LogP contribution in [-0.2, 0) is 9.53 Å². The van der Waals surface area contributed by atoms with Gasteiger partial charge < -0.3 is 14.7 Å². The summed E-state index contributed by atoms with van der Waals surface area (Å²) in [4.78, 5) is 24.4. The van der Waals surface area contributed by atoms with Crippen LogP contribution in [0.1, 0.15) is 44.0 Å². The first-order chi connectivity index (χ1) is 10.5. The number of ether oxygens (including phenoxy) is 1. The maximum absolute atomic E-state index is 11.9. The first-order valence-corrected chi connectivity index (χ1v) is 7.71. The SMILES string of the molecule is CCC(C)CCOC(=O)c1ccc(N(CC)CC(=O)O)cc1. The number of anilines is 1. The Balaban J connectivity index is 2.59. The van der Waals surface area contributed by atoms with Gasteiger partial charge in [0.2, 0.25) is 0 Å². The zero-order valence-corrected chi connectivity index (χ0v) is 13.5. The van der Waals surface area contributed by atoms with E-state index in [1.54, 1.807) is 29.2 Å². The predicted octanol–water partition coefficient (Wildman–Crippen LogP) is 3.19. The lowest BCUT2D eigenvalue weighted by molar-refractivity contribution is -0.135. The van der Waals surface area contributed by atoms with Crippen LogP contribution < -0.4 is 4.90 Å². The van der Waals surface area contributed by atoms with E-state index in [1.165, 1.54) is 0 Å². The van der Waals surface area contributed by atoms with Crippen molar-refractivity contribution in [2.45, 2.75) is 33.6 Å². The van der Waals surface area contributed by atoms with Crippen LogP contribution >= 0.6 is 0 Å². The van der Waals surface area contributed by atoms with Gasteiger partial charge in [-0.15, -0.1) is 0 Å². The second-order valence-corrected chi connectivity index (χ2v) is 5.39. The van der Waals surface area contributed by atoms with E-state index < -0.39 is 5.97 Å². The highest BCUT2D eigenvalue weighted by atomic mass is 16.5. The van der Waals surface area contributed by atoms with Crippen molar-refractivity contribution >= 4 is 17.6 Å². The molecule has 0 fully saturated rings. The number of carbonyl (C=O) groups is 2. The van der Waals surface area contributed by atoms with E-state index in [1.807, 2.05) is 6.92 Å². The zero-order chi connectivity index (χ0) is 16.5. The number of carboxylic acids is 1. The molecule has 5 nitrogen and oxygen atoms in total. The summed E-state index contributed by atoms with van der Waals surface area (Å²) in [5.74, 6) is -0.671. The Morgan fingerprint density at radius 3 is 2.36 bits per heavy atom. The van der Waals surface area contributed by atoms with E-state index in [4.69, 9.17) is 9.84 Å². The van der Waals surface area contributed by atoms with Crippen LogP contribution in [0.2, 0.25) is 0 Å². The Labute approximate surface area is 131 Å². The van der Waals surface area contributed by atoms with Gasteiger partial charge in [-0.25, -0.2) is 4.79 Å². The minimum Gasteiger partial charge on any atom is -0.480 e. The lowest BCUT2D eigenvalue weighted by Gasteiger charge is -2.20. The number of likely N-dealkylation sites (N-methyl/N-ethyl adjacent to an activating group) is 1. The lowest BCUT2D eigenvalue weighted by Crippen LogP contribution is -2.29. The molecule has 122 valence electrons. The summed E-state index contributed by atoms with van der Waals surface area (Å²) in [7, 11) is 0. The van der Waals surface area contributed by atoms with Crippen LogP contribution in [0.4, 0.5) is 5.69 Å². The summed E-state index contributed by atoms with van der Waals surface area (Å²) < 4.78 is 5.25. The van der Waals surface area contributed by atoms with Gasteiger partial charge in [0.05, 0.1) is 12.2 Å². The third-order valence-corrected chi connectivity index (χ3v) is 3.72. The average Bonchev–Trinajstić information content (AvgIpc) is 2.52. The Kier molecular flexibility index (Phi) is 7.43. The summed E-state index contributed by atoms with van der Waals surface area (Å²) in [6.45, 7) is 7.09. The lowest BCUT2D eigenvalue weighted by atomic mass is 10.1. The first-order valence-electron chi connectivity index (χ1n) is 7.71. The number of carboxylic acid groups (broad SMARTS) is 1. The molecule has 1 N–H and O–H groups in total. The molecule has 1 rings (SSSR count). The molecular weight excluding hydrogens is 282 g/mol. The number of hydrogen-bond donors (Lipinski definition) is 1. The van der Waals surface area contributed by atoms with E-state index in [0.29, 0.717) is 24.6 Å². The van der Waals surface area contributed by atoms with Crippen molar-refractivity contribution in [1.82, 2.24) is 0 Å². The number of benzene rings is 1. The summed E-state index contributed by atoms with van der Waals surface area (Å²) in [5.41, 5.74) is 1.26. The molecule has 0 heterocycles. The topological polar surface area (TPSA) is 66.8 Å². The Hall–Kier alpha value is -2.04. The number of rotatable bonds is 9. The van der Waals surface area contributed by atoms with Crippen molar-refractivity contribution in [2.24, 2.45) is 5.92 Å². The van der Waals surface area contributed by atoms with Gasteiger partial charge in [0.1, 0.15) is 6.54 Å². The smallest absolute Gasteiger partial charge is 0.338 e. The van der Waals surface area contributed by atoms with E-state index >= 15 is 0 Å². The zero-order valence-electron chi connectivity index (χ0n) is 13.5. The molecule has 1 aromatic carbocycles. The molecule has 0 aliphatic rings. The van der Waals surface area contributed by atoms with Gasteiger partial charge in [-0.3, -0.25) is 4.79 Å². The van der Waals surface area contributed by atoms with Crippen LogP contribution in [0.25, 0.3) is 0 Å². The molecule has 22 heavy (non-hydrogen) atoms. The van der Waals surface area contributed by atoms with E-state index in [9.17, 15) is 9.59 Å². The first kappa shape index (κ1) is 18.0. The van der Waals surface area contributed by atoms with E-state index in [2.05, 4.69) is 13.8 Å². The largest absolute Gasteiger partial charge is 0.480 e. The molecule has 0 amide bonds. The van der Waals surface area contributed by atoms with Crippen molar-refractivity contribution in [2.75, 3.05) is 24.6 Å². The van der Waals surface area contributed by atoms with Gasteiger partial charge in [0.15, 0.2) is 0 Å². The number of aliphatic carboxylic acids is 1. The summed E-state index contributed by atoms with van der Waals surface area (Å²) in [6.07, 6.45) is 1.94. The molecule has 0 radical (unpaired) electrons. The highest BCUT2D eigenvalue weighted by Gasteiger charge is 2.11. The molecular formula is C17H25NO4. The second kappa shape index (κ2) is 9.07. The fourth-order valence-electron chi connectivity index (χ4n) is 2.00. The molecule has 0 aliphatic heterocycles. The molecule has 1 atom stereocenters. The minimum atomic E-state index is -0.879. The van der Waals surface area contributed by atoms with E-state index in [-0.39, 0.29) is 12.5 Å². The molecule has 1 unspecified atom stereocenters. The standard InChI is InChI=1S/C17H25NO4/c1-4-13(3)10-11-22-17(21)14-6-8-15(9-7-14)18(5-2)12-16(19)20/h6-9,13H,4-5,10-12H2,1-3H3,(H,19,20). The monoisotopic (exact) mass is 307 g/mol. The maximum Gasteiger partial charge on any atom is 0.338 e. The van der Waals surface area contributed by atoms with Crippen LogP contribution in [0.3, 0.4) is 0 Å². The van der Waals surface area contributed by atoms with Crippen molar-refractivity contribution in [3.63, 3.8) is 0 Å². The maximum atomic E-state index is 11.9. The molecule has 0 saturated carbocycles. The number of nitrogens with zero attached hydrogens (tertiary/aromatic N) is 1. The van der Waals surface area contributed by atoms with Crippen LogP contribution in [0.5, 0.6) is 0 Å². The summed E-state index contributed by atoms with van der Waals surface area (Å²) in [5, 5.41) is 8.87. The highest BCUT2D eigenvalue weighted by molar-refractivity contribution is 5.90. The van der Waals surface area contributed by atoms with Gasteiger partial charge >= 0.3 is 11.9 Å². The highest BCUT2D eigenvalue weighted by Crippen LogP contribution is 2.16. The Morgan fingerprint density at radius 2 is 1.86 bits per heavy atom. The van der Waals surface area contributed by atoms with Crippen molar-refractivity contribution < 1.29 is 19.4 Å². The number of carbonyl (C=O) groups excluding carboxylic acids is 1. The molecule has 0 bridgehead atoms. The van der Waals surface area contributed by atoms with Gasteiger partial charge in [-0.05, 0) is 43.5 Å². The molecule has 0 spiro atoms. The third kappa shape index (κ3) is 5.76. The third-order valence-electron chi connectivity index (χ3n) is 3.72. The Bertz CT molecular complexity index is 484. The fraction of sp³-hybridized carbons (Fsp3) is 0.529. The molecule has 0 saturated heterocycles.